The molecule has 1 aromatic carbocycles. The summed E-state index contributed by atoms with van der Waals surface area (Å²) in [5.74, 6) is 0.255. The molecule has 1 aromatic heterocycles. The highest BCUT2D eigenvalue weighted by Crippen LogP contribution is 2.23. The minimum atomic E-state index is -3.76. The Morgan fingerprint density at radius 2 is 1.96 bits per heavy atom. The standard InChI is InChI=1S/C19H22ClN3O2S/c20-17-8-4-5-9-18(17)26(24,25)23-19-11-10-16(14-22-19)21-13-12-15-6-2-1-3-7-15/h4-6,8-11,14,21H,1-3,7,12-13H2,(H,22,23). The van der Waals surface area contributed by atoms with Crippen LogP contribution in [0.1, 0.15) is 32.1 Å². The molecule has 2 aromatic rings. The third-order valence-corrected chi connectivity index (χ3v) is 6.14. The molecule has 0 atom stereocenters. The zero-order valence-electron chi connectivity index (χ0n) is 14.4. The predicted molar refractivity (Wildman–Crippen MR) is 106 cm³/mol. The number of anilines is 2. The number of halogens is 1. The Morgan fingerprint density at radius 3 is 2.65 bits per heavy atom. The molecule has 0 saturated heterocycles. The first kappa shape index (κ1) is 18.7. The summed E-state index contributed by atoms with van der Waals surface area (Å²) < 4.78 is 27.2. The highest BCUT2D eigenvalue weighted by molar-refractivity contribution is 7.92. The third kappa shape index (κ3) is 4.99. The van der Waals surface area contributed by atoms with Gasteiger partial charge in [0.15, 0.2) is 0 Å². The van der Waals surface area contributed by atoms with Gasteiger partial charge in [-0.3, -0.25) is 4.72 Å². The van der Waals surface area contributed by atoms with Gasteiger partial charge in [0, 0.05) is 6.54 Å². The van der Waals surface area contributed by atoms with E-state index in [0.717, 1.165) is 18.7 Å². The normalized spacial score (nSPS) is 14.6. The summed E-state index contributed by atoms with van der Waals surface area (Å²) in [4.78, 5) is 4.21. The smallest absolute Gasteiger partial charge is 0.264 e. The molecule has 1 heterocycles. The van der Waals surface area contributed by atoms with Crippen LogP contribution in [0.3, 0.4) is 0 Å². The molecule has 0 unspecified atom stereocenters. The van der Waals surface area contributed by atoms with E-state index >= 15 is 0 Å². The largest absolute Gasteiger partial charge is 0.383 e. The Labute approximate surface area is 159 Å². The topological polar surface area (TPSA) is 71.1 Å². The molecule has 138 valence electrons. The van der Waals surface area contributed by atoms with Gasteiger partial charge in [-0.15, -0.1) is 0 Å². The number of nitrogens with one attached hydrogen (secondary N) is 2. The average molecular weight is 392 g/mol. The van der Waals surface area contributed by atoms with Gasteiger partial charge in [-0.05, 0) is 56.4 Å². The summed E-state index contributed by atoms with van der Waals surface area (Å²) in [6.07, 6.45) is 9.97. The van der Waals surface area contributed by atoms with Gasteiger partial charge in [0.1, 0.15) is 10.7 Å². The quantitative estimate of drug-likeness (QED) is 0.662. The number of sulfonamides is 1. The first-order chi connectivity index (χ1) is 12.5. The molecule has 0 aliphatic heterocycles. The van der Waals surface area contributed by atoms with Crippen LogP contribution in [0.25, 0.3) is 0 Å². The van der Waals surface area contributed by atoms with Crippen molar-refractivity contribution in [3.05, 3.63) is 59.3 Å². The number of allylic oxidation sites excluding steroid dienone is 1. The molecule has 2 N–H and O–H groups in total. The van der Waals surface area contributed by atoms with Crippen LogP contribution in [0, 0.1) is 0 Å². The van der Waals surface area contributed by atoms with Gasteiger partial charge in [-0.1, -0.05) is 35.4 Å². The molecule has 0 bridgehead atoms. The van der Waals surface area contributed by atoms with Gasteiger partial charge in [-0.2, -0.15) is 0 Å². The van der Waals surface area contributed by atoms with E-state index in [9.17, 15) is 8.42 Å². The minimum absolute atomic E-state index is 0.0337. The van der Waals surface area contributed by atoms with Crippen molar-refractivity contribution in [1.29, 1.82) is 0 Å². The van der Waals surface area contributed by atoms with Crippen LogP contribution in [0.4, 0.5) is 11.5 Å². The van der Waals surface area contributed by atoms with Crippen molar-refractivity contribution in [2.75, 3.05) is 16.6 Å². The second-order valence-electron chi connectivity index (χ2n) is 6.25. The molecule has 0 radical (unpaired) electrons. The van der Waals surface area contributed by atoms with E-state index < -0.39 is 10.0 Å². The first-order valence-corrected chi connectivity index (χ1v) is 10.6. The van der Waals surface area contributed by atoms with Gasteiger partial charge < -0.3 is 5.32 Å². The lowest BCUT2D eigenvalue weighted by Crippen LogP contribution is -2.14. The van der Waals surface area contributed by atoms with Crippen molar-refractivity contribution in [2.45, 2.75) is 37.0 Å². The summed E-state index contributed by atoms with van der Waals surface area (Å²) in [5.41, 5.74) is 2.38. The van der Waals surface area contributed by atoms with Crippen molar-refractivity contribution in [3.8, 4) is 0 Å². The van der Waals surface area contributed by atoms with Crippen molar-refractivity contribution in [2.24, 2.45) is 0 Å². The molecule has 5 nitrogen and oxygen atoms in total. The lowest BCUT2D eigenvalue weighted by atomic mass is 9.97. The number of hydrogen-bond acceptors (Lipinski definition) is 4. The van der Waals surface area contributed by atoms with E-state index in [1.54, 1.807) is 30.5 Å². The SMILES string of the molecule is O=S(=O)(Nc1ccc(NCCC2=CCCCC2)cn1)c1ccccc1Cl. The highest BCUT2D eigenvalue weighted by Gasteiger charge is 2.17. The van der Waals surface area contributed by atoms with Crippen LogP contribution >= 0.6 is 11.6 Å². The molecule has 3 rings (SSSR count). The van der Waals surface area contributed by atoms with Crippen molar-refractivity contribution in [1.82, 2.24) is 4.98 Å². The minimum Gasteiger partial charge on any atom is -0.383 e. The molecule has 0 saturated carbocycles. The van der Waals surface area contributed by atoms with Crippen molar-refractivity contribution >= 4 is 33.1 Å². The van der Waals surface area contributed by atoms with Crippen LogP contribution in [-0.4, -0.2) is 19.9 Å². The number of pyridine rings is 1. The maximum atomic E-state index is 12.4. The summed E-state index contributed by atoms with van der Waals surface area (Å²) >= 11 is 5.97. The number of hydrogen-bond donors (Lipinski definition) is 2. The first-order valence-electron chi connectivity index (χ1n) is 8.70. The summed E-state index contributed by atoms with van der Waals surface area (Å²) in [6.45, 7) is 0.845. The Bertz CT molecular complexity index is 880. The maximum Gasteiger partial charge on any atom is 0.264 e. The fourth-order valence-corrected chi connectivity index (χ4v) is 4.44. The highest BCUT2D eigenvalue weighted by atomic mass is 35.5. The van der Waals surface area contributed by atoms with Gasteiger partial charge >= 0.3 is 0 Å². The number of benzene rings is 1. The lowest BCUT2D eigenvalue weighted by molar-refractivity contribution is 0.601. The van der Waals surface area contributed by atoms with E-state index in [2.05, 4.69) is 21.1 Å². The number of rotatable bonds is 7. The van der Waals surface area contributed by atoms with Gasteiger partial charge in [-0.25, -0.2) is 13.4 Å². The predicted octanol–water partition coefficient (Wildman–Crippen LogP) is 4.84. The fourth-order valence-electron chi connectivity index (χ4n) is 2.91. The molecule has 0 fully saturated rings. The Balaban J connectivity index is 1.57. The monoisotopic (exact) mass is 391 g/mol. The Morgan fingerprint density at radius 1 is 1.12 bits per heavy atom. The zero-order chi connectivity index (χ0) is 18.4. The molecule has 0 amide bonds. The van der Waals surface area contributed by atoms with Gasteiger partial charge in [0.05, 0.1) is 16.9 Å². The zero-order valence-corrected chi connectivity index (χ0v) is 16.0. The average Bonchev–Trinajstić information content (AvgIpc) is 2.64. The van der Waals surface area contributed by atoms with Crippen LogP contribution in [-0.2, 0) is 10.0 Å². The van der Waals surface area contributed by atoms with Crippen molar-refractivity contribution < 1.29 is 8.42 Å². The van der Waals surface area contributed by atoms with E-state index in [1.807, 2.05) is 6.07 Å². The molecular weight excluding hydrogens is 370 g/mol. The van der Waals surface area contributed by atoms with E-state index in [-0.39, 0.29) is 15.7 Å². The molecule has 1 aliphatic rings. The molecule has 7 heteroatoms. The second-order valence-corrected chi connectivity index (χ2v) is 8.31. The van der Waals surface area contributed by atoms with Crippen LogP contribution < -0.4 is 10.0 Å². The molecule has 1 aliphatic carbocycles. The fraction of sp³-hybridized carbons (Fsp3) is 0.316. The maximum absolute atomic E-state index is 12.4. The van der Waals surface area contributed by atoms with E-state index in [0.29, 0.717) is 0 Å². The summed E-state index contributed by atoms with van der Waals surface area (Å²) in [6, 6.07) is 9.76. The van der Waals surface area contributed by atoms with Crippen LogP contribution in [0.15, 0.2) is 59.1 Å². The Hall–Kier alpha value is -2.05. The third-order valence-electron chi connectivity index (χ3n) is 4.29. The van der Waals surface area contributed by atoms with Gasteiger partial charge in [0.25, 0.3) is 10.0 Å². The lowest BCUT2D eigenvalue weighted by Gasteiger charge is -2.13. The van der Waals surface area contributed by atoms with Crippen LogP contribution in [0.2, 0.25) is 5.02 Å². The second kappa shape index (κ2) is 8.56. The summed E-state index contributed by atoms with van der Waals surface area (Å²) in [7, 11) is -3.76. The van der Waals surface area contributed by atoms with Gasteiger partial charge in [0.2, 0.25) is 0 Å². The molecule has 0 spiro atoms. The molecular formula is C19H22ClN3O2S. The molecule has 26 heavy (non-hydrogen) atoms. The number of nitrogens with zero attached hydrogens (tertiary/aromatic N) is 1. The van der Waals surface area contributed by atoms with Crippen LogP contribution in [0.5, 0.6) is 0 Å². The summed E-state index contributed by atoms with van der Waals surface area (Å²) in [5, 5.41) is 3.50. The van der Waals surface area contributed by atoms with E-state index in [1.165, 1.54) is 37.3 Å². The Kier molecular flexibility index (Phi) is 6.16. The van der Waals surface area contributed by atoms with Crippen molar-refractivity contribution in [3.63, 3.8) is 0 Å². The number of aromatic nitrogens is 1. The van der Waals surface area contributed by atoms with E-state index in [4.69, 9.17) is 11.6 Å².